The number of nitrogens with one attached hydrogen (secondary N) is 2. The maximum absolute atomic E-state index is 12.9. The summed E-state index contributed by atoms with van der Waals surface area (Å²) in [6, 6.07) is 13.9. The molecule has 0 aliphatic carbocycles. The summed E-state index contributed by atoms with van der Waals surface area (Å²) in [4.78, 5) is 57.0. The Morgan fingerprint density at radius 1 is 0.964 bits per heavy atom. The van der Waals surface area contributed by atoms with Crippen LogP contribution in [-0.4, -0.2) is 124 Å². The molecule has 2 atom stereocenters. The maximum atomic E-state index is 12.9. The van der Waals surface area contributed by atoms with Crippen molar-refractivity contribution in [2.24, 2.45) is 0 Å². The Hall–Kier alpha value is -4.47. The van der Waals surface area contributed by atoms with Gasteiger partial charge in [-0.2, -0.15) is 0 Å². The third kappa shape index (κ3) is 12.3. The highest BCUT2D eigenvalue weighted by Gasteiger charge is 2.35. The van der Waals surface area contributed by atoms with Gasteiger partial charge in [0, 0.05) is 80.5 Å². The standard InChI is InChI=1S/C41H60N8O6S/c1-29(50)54-34-24-33(15-17-42-37(51)27-47-19-21-48(22-20-47)39(52)55-40(2,3)4)49(26-34)36-14-13-31(25-44-36)35-16-18-43-38(46-35)45-32-12-10-11-30(23-32)28-53-56(8,9)41(5,6)7/h10-14,16,18,23,25,33-34H,15,17,19-22,24,26-28H2,1-9H3,(H,42,51)(H,43,45,46). The molecule has 2 amide bonds. The summed E-state index contributed by atoms with van der Waals surface area (Å²) >= 11 is 0. The Labute approximate surface area is 333 Å². The number of rotatable bonds is 13. The average Bonchev–Trinajstić information content (AvgIpc) is 3.51. The highest BCUT2D eigenvalue weighted by atomic mass is 32.3. The lowest BCUT2D eigenvalue weighted by Crippen LogP contribution is -2.52. The Bertz CT molecular complexity index is 1800. The molecular formula is C41H60N8O6S. The molecule has 2 fully saturated rings. The predicted molar refractivity (Wildman–Crippen MR) is 222 cm³/mol. The molecule has 2 N–H and O–H groups in total. The minimum Gasteiger partial charge on any atom is -0.461 e. The second-order valence-corrected chi connectivity index (χ2v) is 20.7. The first-order valence-electron chi connectivity index (χ1n) is 19.3. The van der Waals surface area contributed by atoms with Crippen LogP contribution in [-0.2, 0) is 29.9 Å². The van der Waals surface area contributed by atoms with Gasteiger partial charge in [-0.1, -0.05) is 32.9 Å². The highest BCUT2D eigenvalue weighted by Crippen LogP contribution is 2.54. The van der Waals surface area contributed by atoms with Crippen LogP contribution in [0.2, 0.25) is 0 Å². The fourth-order valence-corrected chi connectivity index (χ4v) is 7.13. The largest absolute Gasteiger partial charge is 0.461 e. The fourth-order valence-electron chi connectivity index (χ4n) is 6.35. The maximum Gasteiger partial charge on any atom is 0.410 e. The summed E-state index contributed by atoms with van der Waals surface area (Å²) in [6.07, 6.45) is 8.60. The van der Waals surface area contributed by atoms with Crippen molar-refractivity contribution in [1.82, 2.24) is 30.1 Å². The molecule has 0 saturated carbocycles. The second kappa shape index (κ2) is 18.2. The Morgan fingerprint density at radius 2 is 1.71 bits per heavy atom. The van der Waals surface area contributed by atoms with Crippen LogP contribution in [0.15, 0.2) is 54.9 Å². The van der Waals surface area contributed by atoms with Crippen molar-refractivity contribution in [3.63, 3.8) is 0 Å². The number of ether oxygens (including phenoxy) is 2. The van der Waals surface area contributed by atoms with E-state index in [1.807, 2.05) is 56.0 Å². The number of hydrogen-bond donors (Lipinski definition) is 2. The lowest BCUT2D eigenvalue weighted by Gasteiger charge is -2.43. The highest BCUT2D eigenvalue weighted by molar-refractivity contribution is 8.29. The van der Waals surface area contributed by atoms with Crippen LogP contribution in [0.25, 0.3) is 11.3 Å². The number of piperazine rings is 1. The van der Waals surface area contributed by atoms with E-state index in [0.29, 0.717) is 64.7 Å². The van der Waals surface area contributed by atoms with Gasteiger partial charge in [0.2, 0.25) is 11.9 Å². The van der Waals surface area contributed by atoms with Crippen molar-refractivity contribution in [2.75, 3.05) is 68.5 Å². The molecule has 0 spiro atoms. The van der Waals surface area contributed by atoms with Crippen LogP contribution < -0.4 is 15.5 Å². The number of hydrogen-bond acceptors (Lipinski definition) is 12. The van der Waals surface area contributed by atoms with Gasteiger partial charge in [-0.15, -0.1) is 10.3 Å². The van der Waals surface area contributed by atoms with Gasteiger partial charge in [-0.25, -0.2) is 19.7 Å². The van der Waals surface area contributed by atoms with Crippen LogP contribution >= 0.6 is 10.3 Å². The number of amides is 2. The molecule has 2 saturated heterocycles. The van der Waals surface area contributed by atoms with Crippen LogP contribution in [0.5, 0.6) is 0 Å². The minimum absolute atomic E-state index is 0.00679. The molecule has 5 rings (SSSR count). The zero-order valence-electron chi connectivity index (χ0n) is 34.5. The topological polar surface area (TPSA) is 151 Å². The number of carbonyl (C=O) groups is 3. The van der Waals surface area contributed by atoms with E-state index in [2.05, 4.69) is 65.9 Å². The van der Waals surface area contributed by atoms with Crippen LogP contribution in [0.1, 0.15) is 66.9 Å². The summed E-state index contributed by atoms with van der Waals surface area (Å²) in [5, 5.41) is 6.39. The summed E-state index contributed by atoms with van der Waals surface area (Å²) in [5.41, 5.74) is 2.95. The van der Waals surface area contributed by atoms with E-state index in [0.717, 1.165) is 28.3 Å². The van der Waals surface area contributed by atoms with Gasteiger partial charge in [-0.05, 0) is 75.6 Å². The molecule has 306 valence electrons. The SMILES string of the molecule is CC(=O)OC1CC(CCNC(=O)CN2CCN(C(=O)OC(C)(C)C)CC2)N(c2ccc(-c3ccnc(Nc4cccc(COS(C)(C)C(C)(C)C)c4)n3)cn2)C1. The number of aromatic nitrogens is 3. The van der Waals surface area contributed by atoms with E-state index in [4.69, 9.17) is 23.6 Å². The lowest BCUT2D eigenvalue weighted by atomic mass is 10.1. The molecule has 0 bridgehead atoms. The normalized spacial score (nSPS) is 18.4. The third-order valence-corrected chi connectivity index (χ3v) is 13.7. The van der Waals surface area contributed by atoms with Gasteiger partial charge in [0.25, 0.3) is 0 Å². The van der Waals surface area contributed by atoms with Gasteiger partial charge in [0.15, 0.2) is 0 Å². The van der Waals surface area contributed by atoms with Crippen molar-refractivity contribution in [3.8, 4) is 11.3 Å². The van der Waals surface area contributed by atoms with Crippen LogP contribution in [0, 0.1) is 0 Å². The average molecular weight is 793 g/mol. The Kier molecular flexibility index (Phi) is 13.9. The molecule has 3 aromatic rings. The molecule has 56 heavy (non-hydrogen) atoms. The van der Waals surface area contributed by atoms with Crippen LogP contribution in [0.3, 0.4) is 0 Å². The van der Waals surface area contributed by atoms with E-state index in [1.54, 1.807) is 17.3 Å². The van der Waals surface area contributed by atoms with Crippen molar-refractivity contribution >= 4 is 45.7 Å². The molecule has 2 unspecified atom stereocenters. The minimum atomic E-state index is -1.24. The predicted octanol–water partition coefficient (Wildman–Crippen LogP) is 6.15. The van der Waals surface area contributed by atoms with Gasteiger partial charge < -0.3 is 34.1 Å². The van der Waals surface area contributed by atoms with Gasteiger partial charge in [0.05, 0.1) is 25.4 Å². The molecule has 15 heteroatoms. The van der Waals surface area contributed by atoms with Gasteiger partial charge >= 0.3 is 12.1 Å². The summed E-state index contributed by atoms with van der Waals surface area (Å²) in [6.45, 7) is 17.6. The number of anilines is 3. The van der Waals surface area contributed by atoms with E-state index in [-0.39, 0.29) is 41.4 Å². The van der Waals surface area contributed by atoms with Crippen molar-refractivity contribution in [3.05, 3.63) is 60.4 Å². The smallest absolute Gasteiger partial charge is 0.410 e. The Balaban J connectivity index is 1.15. The first-order chi connectivity index (χ1) is 26.3. The van der Waals surface area contributed by atoms with Crippen molar-refractivity contribution < 1.29 is 28.0 Å². The zero-order chi connectivity index (χ0) is 40.7. The molecule has 14 nitrogen and oxygen atoms in total. The number of carbonyl (C=O) groups excluding carboxylic acids is 3. The summed E-state index contributed by atoms with van der Waals surface area (Å²) < 4.78 is 17.5. The first-order valence-corrected chi connectivity index (χ1v) is 21.7. The molecule has 0 radical (unpaired) electrons. The fraction of sp³-hybridized carbons (Fsp3) is 0.561. The molecule has 4 heterocycles. The van der Waals surface area contributed by atoms with E-state index >= 15 is 0 Å². The molecule has 2 aliphatic heterocycles. The molecule has 1 aromatic carbocycles. The monoisotopic (exact) mass is 792 g/mol. The van der Waals surface area contributed by atoms with Gasteiger partial charge in [0.1, 0.15) is 17.5 Å². The van der Waals surface area contributed by atoms with Crippen molar-refractivity contribution in [2.45, 2.75) is 90.4 Å². The van der Waals surface area contributed by atoms with E-state index in [9.17, 15) is 14.4 Å². The summed E-state index contributed by atoms with van der Waals surface area (Å²) in [5.74, 6) is 0.836. The number of esters is 1. The number of benzene rings is 1. The summed E-state index contributed by atoms with van der Waals surface area (Å²) in [7, 11) is -1.24. The van der Waals surface area contributed by atoms with E-state index in [1.165, 1.54) is 6.92 Å². The van der Waals surface area contributed by atoms with E-state index < -0.39 is 15.9 Å². The van der Waals surface area contributed by atoms with Crippen LogP contribution in [0.4, 0.5) is 22.2 Å². The number of nitrogens with zero attached hydrogens (tertiary/aromatic N) is 6. The second-order valence-electron chi connectivity index (χ2n) is 16.8. The molecule has 2 aromatic heterocycles. The zero-order valence-corrected chi connectivity index (χ0v) is 35.3. The first kappa shape index (κ1) is 42.7. The lowest BCUT2D eigenvalue weighted by molar-refractivity contribution is -0.145. The third-order valence-electron chi connectivity index (χ3n) is 10.1. The molecule has 2 aliphatic rings. The van der Waals surface area contributed by atoms with Gasteiger partial charge in [-0.3, -0.25) is 14.5 Å². The molecular weight excluding hydrogens is 733 g/mol. The van der Waals surface area contributed by atoms with Crippen molar-refractivity contribution in [1.29, 1.82) is 0 Å². The Morgan fingerprint density at radius 3 is 2.38 bits per heavy atom. The number of pyridine rings is 1. The quantitative estimate of drug-likeness (QED) is 0.191.